The molecule has 3 nitrogen and oxygen atoms in total. The van der Waals surface area contributed by atoms with Crippen LogP contribution in [0.3, 0.4) is 0 Å². The fourth-order valence-electron chi connectivity index (χ4n) is 2.45. The van der Waals surface area contributed by atoms with E-state index in [0.29, 0.717) is 5.69 Å². The Morgan fingerprint density at radius 3 is 2.75 bits per heavy atom. The fraction of sp³-hybridized carbons (Fsp3) is 0.158. The van der Waals surface area contributed by atoms with Crippen molar-refractivity contribution in [3.05, 3.63) is 65.5 Å². The Hall–Kier alpha value is -2.40. The molecule has 0 aliphatic heterocycles. The topological polar surface area (TPSA) is 42.0 Å². The van der Waals surface area contributed by atoms with E-state index in [0.717, 1.165) is 27.1 Å². The Morgan fingerprint density at radius 2 is 1.92 bits per heavy atom. The van der Waals surface area contributed by atoms with E-state index >= 15 is 0 Å². The molecule has 1 amide bonds. The molecule has 5 heteroatoms. The van der Waals surface area contributed by atoms with Crippen molar-refractivity contribution in [2.24, 2.45) is 0 Å². The number of aryl methyl sites for hydroxylation is 2. The first-order chi connectivity index (χ1) is 11.5. The van der Waals surface area contributed by atoms with Crippen LogP contribution >= 0.6 is 11.8 Å². The lowest BCUT2D eigenvalue weighted by Gasteiger charge is -2.09. The van der Waals surface area contributed by atoms with Crippen molar-refractivity contribution in [2.75, 3.05) is 11.1 Å². The van der Waals surface area contributed by atoms with Crippen molar-refractivity contribution in [3.63, 3.8) is 0 Å². The molecule has 1 N–H and O–H groups in total. The third-order valence-corrected chi connectivity index (χ3v) is 4.64. The van der Waals surface area contributed by atoms with Crippen molar-refractivity contribution in [3.8, 4) is 0 Å². The summed E-state index contributed by atoms with van der Waals surface area (Å²) in [5.41, 5.74) is 3.38. The number of nitrogens with one attached hydrogen (secondary N) is 1. The predicted molar refractivity (Wildman–Crippen MR) is 97.0 cm³/mol. The van der Waals surface area contributed by atoms with Crippen molar-refractivity contribution < 1.29 is 9.18 Å². The number of rotatable bonds is 4. The minimum absolute atomic E-state index is 0.179. The van der Waals surface area contributed by atoms with Gasteiger partial charge >= 0.3 is 0 Å². The summed E-state index contributed by atoms with van der Waals surface area (Å²) in [6.07, 6.45) is 0. The van der Waals surface area contributed by atoms with Gasteiger partial charge in [-0.3, -0.25) is 4.79 Å². The smallest absolute Gasteiger partial charge is 0.234 e. The molecule has 0 saturated carbocycles. The highest BCUT2D eigenvalue weighted by Crippen LogP contribution is 2.24. The highest BCUT2D eigenvalue weighted by Gasteiger charge is 2.09. The quantitative estimate of drug-likeness (QED) is 0.699. The van der Waals surface area contributed by atoms with E-state index in [1.54, 1.807) is 6.07 Å². The number of nitrogens with zero attached hydrogens (tertiary/aromatic N) is 1. The van der Waals surface area contributed by atoms with Gasteiger partial charge in [-0.25, -0.2) is 9.37 Å². The van der Waals surface area contributed by atoms with Gasteiger partial charge in [0.15, 0.2) is 0 Å². The fourth-order valence-corrected chi connectivity index (χ4v) is 3.22. The molecule has 0 aliphatic rings. The summed E-state index contributed by atoms with van der Waals surface area (Å²) in [6, 6.07) is 14.3. The summed E-state index contributed by atoms with van der Waals surface area (Å²) >= 11 is 1.37. The first kappa shape index (κ1) is 16.5. The van der Waals surface area contributed by atoms with Gasteiger partial charge < -0.3 is 5.32 Å². The second-order valence-corrected chi connectivity index (χ2v) is 6.59. The van der Waals surface area contributed by atoms with Crippen LogP contribution in [0.5, 0.6) is 0 Å². The zero-order valence-electron chi connectivity index (χ0n) is 13.5. The van der Waals surface area contributed by atoms with Gasteiger partial charge in [0.05, 0.1) is 16.3 Å². The Kier molecular flexibility index (Phi) is 4.81. The summed E-state index contributed by atoms with van der Waals surface area (Å²) < 4.78 is 13.3. The van der Waals surface area contributed by atoms with Crippen molar-refractivity contribution in [1.82, 2.24) is 4.98 Å². The maximum Gasteiger partial charge on any atom is 0.234 e. The summed E-state index contributed by atoms with van der Waals surface area (Å²) in [5, 5.41) is 4.66. The van der Waals surface area contributed by atoms with E-state index in [1.165, 1.54) is 23.9 Å². The van der Waals surface area contributed by atoms with Gasteiger partial charge in [-0.15, -0.1) is 0 Å². The van der Waals surface area contributed by atoms with Crippen LogP contribution in [0.4, 0.5) is 10.1 Å². The third-order valence-electron chi connectivity index (χ3n) is 3.72. The zero-order valence-corrected chi connectivity index (χ0v) is 14.3. The Balaban J connectivity index is 1.69. The minimum atomic E-state index is -0.365. The molecule has 24 heavy (non-hydrogen) atoms. The number of carbonyl (C=O) groups excluding carboxylic acids is 1. The highest BCUT2D eigenvalue weighted by atomic mass is 32.2. The number of fused-ring (bicyclic) bond motifs is 1. The molecule has 0 spiro atoms. The molecule has 3 rings (SSSR count). The minimum Gasteiger partial charge on any atom is -0.325 e. The number of pyridine rings is 1. The maximum atomic E-state index is 13.3. The van der Waals surface area contributed by atoms with Crippen molar-refractivity contribution in [2.45, 2.75) is 18.9 Å². The van der Waals surface area contributed by atoms with Gasteiger partial charge in [0.2, 0.25) is 5.91 Å². The number of benzene rings is 2. The van der Waals surface area contributed by atoms with Gasteiger partial charge in [0.25, 0.3) is 0 Å². The maximum absolute atomic E-state index is 13.3. The van der Waals surface area contributed by atoms with Gasteiger partial charge in [-0.1, -0.05) is 36.0 Å². The number of amides is 1. The van der Waals surface area contributed by atoms with E-state index < -0.39 is 0 Å². The van der Waals surface area contributed by atoms with E-state index in [9.17, 15) is 9.18 Å². The largest absolute Gasteiger partial charge is 0.325 e. The van der Waals surface area contributed by atoms with Gasteiger partial charge in [-0.05, 0) is 49.2 Å². The molecular formula is C19H17FN2OS. The number of carbonyl (C=O) groups is 1. The van der Waals surface area contributed by atoms with Crippen LogP contribution in [-0.2, 0) is 4.79 Å². The van der Waals surface area contributed by atoms with E-state index in [2.05, 4.69) is 10.3 Å². The molecular weight excluding hydrogens is 323 g/mol. The monoisotopic (exact) mass is 340 g/mol. The molecule has 0 saturated heterocycles. The summed E-state index contributed by atoms with van der Waals surface area (Å²) in [7, 11) is 0. The molecule has 2 aromatic carbocycles. The number of thioether (sulfide) groups is 1. The van der Waals surface area contributed by atoms with Crippen LogP contribution in [0.25, 0.3) is 10.9 Å². The Bertz CT molecular complexity index is 911. The molecule has 122 valence electrons. The van der Waals surface area contributed by atoms with Crippen LogP contribution in [0, 0.1) is 19.7 Å². The van der Waals surface area contributed by atoms with Crippen LogP contribution in [0.1, 0.15) is 11.1 Å². The summed E-state index contributed by atoms with van der Waals surface area (Å²) in [4.78, 5) is 16.7. The molecule has 0 radical (unpaired) electrons. The molecule has 0 unspecified atom stereocenters. The molecule has 1 heterocycles. The van der Waals surface area contributed by atoms with Crippen LogP contribution in [0.2, 0.25) is 0 Å². The molecule has 0 aliphatic carbocycles. The highest BCUT2D eigenvalue weighted by molar-refractivity contribution is 7.99. The number of anilines is 1. The van der Waals surface area contributed by atoms with E-state index in [-0.39, 0.29) is 17.5 Å². The molecule has 3 aromatic rings. The Labute approximate surface area is 144 Å². The average Bonchev–Trinajstić information content (AvgIpc) is 2.56. The van der Waals surface area contributed by atoms with E-state index in [1.807, 2.05) is 44.2 Å². The molecule has 0 bridgehead atoms. The van der Waals surface area contributed by atoms with Gasteiger partial charge in [0, 0.05) is 11.1 Å². The number of para-hydroxylation sites is 1. The van der Waals surface area contributed by atoms with E-state index in [4.69, 9.17) is 0 Å². The third kappa shape index (κ3) is 3.74. The normalized spacial score (nSPS) is 10.8. The zero-order chi connectivity index (χ0) is 17.1. The molecule has 0 atom stereocenters. The SMILES string of the molecule is Cc1ccc(F)cc1NC(=O)CSc1cc(C)c2ccccc2n1. The Morgan fingerprint density at radius 1 is 1.12 bits per heavy atom. The number of hydrogen-bond donors (Lipinski definition) is 1. The van der Waals surface area contributed by atoms with Gasteiger partial charge in [-0.2, -0.15) is 0 Å². The lowest BCUT2D eigenvalue weighted by molar-refractivity contribution is -0.113. The number of hydrogen-bond acceptors (Lipinski definition) is 3. The van der Waals surface area contributed by atoms with Crippen molar-refractivity contribution >= 4 is 34.3 Å². The van der Waals surface area contributed by atoms with Gasteiger partial charge in [0.1, 0.15) is 5.82 Å². The second-order valence-electron chi connectivity index (χ2n) is 5.59. The lowest BCUT2D eigenvalue weighted by atomic mass is 10.1. The second kappa shape index (κ2) is 7.01. The number of halogens is 1. The van der Waals surface area contributed by atoms with Crippen LogP contribution < -0.4 is 5.32 Å². The first-order valence-electron chi connectivity index (χ1n) is 7.58. The predicted octanol–water partition coefficient (Wildman–Crippen LogP) is 4.72. The summed E-state index contributed by atoms with van der Waals surface area (Å²) in [5.74, 6) is -0.322. The lowest BCUT2D eigenvalue weighted by Crippen LogP contribution is -2.15. The van der Waals surface area contributed by atoms with Crippen molar-refractivity contribution in [1.29, 1.82) is 0 Å². The first-order valence-corrected chi connectivity index (χ1v) is 8.57. The average molecular weight is 340 g/mol. The van der Waals surface area contributed by atoms with Crippen LogP contribution in [0.15, 0.2) is 53.6 Å². The summed E-state index contributed by atoms with van der Waals surface area (Å²) in [6.45, 7) is 3.86. The van der Waals surface area contributed by atoms with Crippen LogP contribution in [-0.4, -0.2) is 16.6 Å². The standard InChI is InChI=1S/C19H17FN2OS/c1-12-7-8-14(20)10-17(12)21-18(23)11-24-19-9-13(2)15-5-3-4-6-16(15)22-19/h3-10H,11H2,1-2H3,(H,21,23). The number of aromatic nitrogens is 1. The molecule has 0 fully saturated rings. The molecule has 1 aromatic heterocycles.